The first kappa shape index (κ1) is 9.33. The molecule has 0 bridgehead atoms. The van der Waals surface area contributed by atoms with Gasteiger partial charge in [-0.1, -0.05) is 37.1 Å². The smallest absolute Gasteiger partial charge is 0.0197 e. The molecule has 0 aliphatic carbocycles. The van der Waals surface area contributed by atoms with Crippen LogP contribution in [0.3, 0.4) is 0 Å². The van der Waals surface area contributed by atoms with Crippen molar-refractivity contribution in [2.45, 2.75) is 24.9 Å². The van der Waals surface area contributed by atoms with Crippen LogP contribution in [0, 0.1) is 0 Å². The van der Waals surface area contributed by atoms with Crippen LogP contribution in [0.2, 0.25) is 12.1 Å². The van der Waals surface area contributed by atoms with E-state index < -0.39 is 0 Å². The molecule has 0 unspecified atom stereocenters. The molecule has 0 aromatic rings. The highest BCUT2D eigenvalue weighted by molar-refractivity contribution is 6.36. The summed E-state index contributed by atoms with van der Waals surface area (Å²) in [5.41, 5.74) is 0. The first-order valence-electron chi connectivity index (χ1n) is 4.74. The van der Waals surface area contributed by atoms with Gasteiger partial charge in [-0.15, -0.1) is 0 Å². The van der Waals surface area contributed by atoms with Gasteiger partial charge in [-0.25, -0.2) is 0 Å². The Bertz CT molecular complexity index is 157. The molecular formula is C10H17NSi. The first-order valence-corrected chi connectivity index (χ1v) is 6.74. The largest absolute Gasteiger partial charge is 0.368 e. The Hall–Kier alpha value is -0.763. The number of nitrogens with one attached hydrogen (secondary N) is 1. The van der Waals surface area contributed by atoms with Crippen molar-refractivity contribution in [3.05, 3.63) is 36.7 Å². The van der Waals surface area contributed by atoms with Crippen LogP contribution >= 0.6 is 0 Å². The minimum atomic E-state index is 0.543. The molecule has 2 aliphatic heterocycles. The third-order valence-corrected chi connectivity index (χ3v) is 3.97. The Balaban J connectivity index is 0.000000127. The molecule has 1 N–H and O–H groups in total. The van der Waals surface area contributed by atoms with Crippen molar-refractivity contribution in [2.75, 3.05) is 0 Å². The lowest BCUT2D eigenvalue weighted by Gasteiger charge is -1.79. The molecule has 0 atom stereocenters. The van der Waals surface area contributed by atoms with Gasteiger partial charge in [0.15, 0.2) is 0 Å². The average molecular weight is 179 g/mol. The highest BCUT2D eigenvalue weighted by Crippen LogP contribution is 2.09. The molecule has 0 saturated carbocycles. The summed E-state index contributed by atoms with van der Waals surface area (Å²) in [4.78, 5) is 0. The molecule has 2 heterocycles. The molecule has 0 radical (unpaired) electrons. The molecule has 66 valence electrons. The fraction of sp³-hybridized carbons (Fsp3) is 0.400. The van der Waals surface area contributed by atoms with Crippen molar-refractivity contribution in [2.24, 2.45) is 0 Å². The maximum absolute atomic E-state index is 2.92. The van der Waals surface area contributed by atoms with E-state index in [1.165, 1.54) is 0 Å². The van der Waals surface area contributed by atoms with E-state index in [1.54, 1.807) is 24.9 Å². The zero-order valence-corrected chi connectivity index (χ0v) is 8.91. The van der Waals surface area contributed by atoms with Crippen molar-refractivity contribution >= 4 is 9.52 Å². The normalized spacial score (nSPS) is 19.3. The maximum Gasteiger partial charge on any atom is 0.0197 e. The Morgan fingerprint density at radius 2 is 1.42 bits per heavy atom. The maximum atomic E-state index is 2.92. The summed E-state index contributed by atoms with van der Waals surface area (Å²) in [6.45, 7) is 0. The van der Waals surface area contributed by atoms with Gasteiger partial charge < -0.3 is 5.32 Å². The summed E-state index contributed by atoms with van der Waals surface area (Å²) in [6, 6.07) is 3.28. The second-order valence-electron chi connectivity index (χ2n) is 3.04. The third-order valence-electron chi connectivity index (χ3n) is 1.97. The number of hydrogen-bond acceptors (Lipinski definition) is 1. The molecule has 1 fully saturated rings. The molecule has 1 saturated heterocycles. The van der Waals surface area contributed by atoms with E-state index in [0.29, 0.717) is 9.52 Å². The summed E-state index contributed by atoms with van der Waals surface area (Å²) < 4.78 is 0. The van der Waals surface area contributed by atoms with Gasteiger partial charge in [-0.3, -0.25) is 0 Å². The highest BCUT2D eigenvalue weighted by Gasteiger charge is 1.96. The fourth-order valence-corrected chi connectivity index (χ4v) is 3.06. The topological polar surface area (TPSA) is 12.0 Å². The van der Waals surface area contributed by atoms with E-state index >= 15 is 0 Å². The van der Waals surface area contributed by atoms with Crippen LogP contribution in [-0.2, 0) is 0 Å². The molecule has 2 rings (SSSR count). The molecule has 12 heavy (non-hydrogen) atoms. The summed E-state index contributed by atoms with van der Waals surface area (Å²) in [5.74, 6) is 0. The van der Waals surface area contributed by atoms with Crippen LogP contribution in [0.4, 0.5) is 0 Å². The zero-order chi connectivity index (χ0) is 8.49. The molecule has 1 nitrogen and oxygen atoms in total. The molecule has 2 heteroatoms. The lowest BCUT2D eigenvalue weighted by molar-refractivity contribution is 0.935. The van der Waals surface area contributed by atoms with E-state index in [2.05, 4.69) is 5.32 Å². The van der Waals surface area contributed by atoms with Gasteiger partial charge in [0.2, 0.25) is 0 Å². The van der Waals surface area contributed by atoms with Crippen molar-refractivity contribution in [1.82, 2.24) is 5.32 Å². The molecular weight excluding hydrogens is 162 g/mol. The number of allylic oxidation sites excluding steroid dienone is 4. The van der Waals surface area contributed by atoms with Crippen LogP contribution < -0.4 is 5.32 Å². The lowest BCUT2D eigenvalue weighted by atomic mass is 10.4. The van der Waals surface area contributed by atoms with E-state index in [4.69, 9.17) is 0 Å². The Kier molecular flexibility index (Phi) is 5.38. The molecule has 0 amide bonds. The standard InChI is InChI=1S/C6H7N.C4H10Si/c1-2-4-6-7-5-3-1;1-2-4-5-3-1/h1-7H;1-5H2. The average Bonchev–Trinajstić information content (AvgIpc) is 2.54. The fourth-order valence-electron chi connectivity index (χ4n) is 1.29. The second kappa shape index (κ2) is 6.92. The Morgan fingerprint density at radius 1 is 0.833 bits per heavy atom. The summed E-state index contributed by atoms with van der Waals surface area (Å²) >= 11 is 0. The van der Waals surface area contributed by atoms with Gasteiger partial charge >= 0.3 is 0 Å². The van der Waals surface area contributed by atoms with Gasteiger partial charge in [-0.2, -0.15) is 0 Å². The van der Waals surface area contributed by atoms with E-state index in [0.717, 1.165) is 0 Å². The van der Waals surface area contributed by atoms with Gasteiger partial charge in [0.05, 0.1) is 0 Å². The summed E-state index contributed by atoms with van der Waals surface area (Å²) in [6.07, 6.45) is 14.7. The van der Waals surface area contributed by atoms with Crippen molar-refractivity contribution < 1.29 is 0 Å². The van der Waals surface area contributed by atoms with Crippen LogP contribution in [0.15, 0.2) is 36.7 Å². The van der Waals surface area contributed by atoms with Crippen LogP contribution in [0.1, 0.15) is 12.8 Å². The van der Waals surface area contributed by atoms with E-state index in [1.807, 2.05) is 36.7 Å². The van der Waals surface area contributed by atoms with Gasteiger partial charge in [0.1, 0.15) is 0 Å². The van der Waals surface area contributed by atoms with Crippen LogP contribution in [0.5, 0.6) is 0 Å². The van der Waals surface area contributed by atoms with Gasteiger partial charge in [0, 0.05) is 21.9 Å². The minimum Gasteiger partial charge on any atom is -0.368 e. The van der Waals surface area contributed by atoms with Crippen molar-refractivity contribution in [3.8, 4) is 0 Å². The van der Waals surface area contributed by atoms with Crippen LogP contribution in [-0.4, -0.2) is 9.52 Å². The Labute approximate surface area is 77.1 Å². The zero-order valence-electron chi connectivity index (χ0n) is 7.50. The van der Waals surface area contributed by atoms with Gasteiger partial charge in [0.25, 0.3) is 0 Å². The summed E-state index contributed by atoms with van der Waals surface area (Å²) in [7, 11) is 0.543. The van der Waals surface area contributed by atoms with Crippen molar-refractivity contribution in [3.63, 3.8) is 0 Å². The van der Waals surface area contributed by atoms with Crippen LogP contribution in [0.25, 0.3) is 0 Å². The SMILES string of the molecule is C1=CC=CNC=C1.C1CC[SiH2]C1. The Morgan fingerprint density at radius 3 is 1.83 bits per heavy atom. The minimum absolute atomic E-state index is 0.543. The predicted octanol–water partition coefficient (Wildman–Crippen LogP) is 1.96. The molecule has 0 aromatic carbocycles. The predicted molar refractivity (Wildman–Crippen MR) is 57.9 cm³/mol. The lowest BCUT2D eigenvalue weighted by Crippen LogP contribution is -1.87. The number of hydrogen-bond donors (Lipinski definition) is 1. The highest BCUT2D eigenvalue weighted by atomic mass is 28.2. The second-order valence-corrected chi connectivity index (χ2v) is 5.16. The molecule has 0 aromatic heterocycles. The number of rotatable bonds is 0. The van der Waals surface area contributed by atoms with Crippen molar-refractivity contribution in [1.29, 1.82) is 0 Å². The van der Waals surface area contributed by atoms with E-state index in [9.17, 15) is 0 Å². The summed E-state index contributed by atoms with van der Waals surface area (Å²) in [5, 5.41) is 2.92. The first-order chi connectivity index (χ1) is 6.00. The monoisotopic (exact) mass is 179 g/mol. The quantitative estimate of drug-likeness (QED) is 0.561. The van der Waals surface area contributed by atoms with Gasteiger partial charge in [-0.05, 0) is 12.2 Å². The molecule has 0 spiro atoms. The molecule has 2 aliphatic rings. The van der Waals surface area contributed by atoms with E-state index in [-0.39, 0.29) is 0 Å². The third kappa shape index (κ3) is 4.96.